The van der Waals surface area contributed by atoms with Crippen LogP contribution in [0.1, 0.15) is 22.5 Å². The Morgan fingerprint density at radius 3 is 2.60 bits per heavy atom. The van der Waals surface area contributed by atoms with Gasteiger partial charge in [0.25, 0.3) is 0 Å². The fourth-order valence-electron chi connectivity index (χ4n) is 5.57. The topological polar surface area (TPSA) is 181 Å². The molecule has 6 N–H and O–H groups in total. The Hall–Kier alpha value is -5.69. The number of methoxy groups -OCH3 is 1. The molecular formula is C35H39FN12O2. The molecule has 1 aliphatic heterocycles. The van der Waals surface area contributed by atoms with E-state index in [1.165, 1.54) is 12.1 Å². The predicted molar refractivity (Wildman–Crippen MR) is 188 cm³/mol. The molecule has 50 heavy (non-hydrogen) atoms. The van der Waals surface area contributed by atoms with Gasteiger partial charge in [0, 0.05) is 64.6 Å². The van der Waals surface area contributed by atoms with Crippen LogP contribution in [0.4, 0.5) is 27.9 Å². The van der Waals surface area contributed by atoms with Gasteiger partial charge < -0.3 is 36.3 Å². The molecule has 0 saturated carbocycles. The number of hydrogen-bond acceptors (Lipinski definition) is 12. The lowest BCUT2D eigenvalue weighted by Gasteiger charge is -2.27. The Bertz CT molecular complexity index is 1940. The number of fused-ring (bicyclic) bond motifs is 1. The number of benzene rings is 3. The summed E-state index contributed by atoms with van der Waals surface area (Å²) in [7, 11) is 1.57. The van der Waals surface area contributed by atoms with Gasteiger partial charge in [-0.1, -0.05) is 24.3 Å². The van der Waals surface area contributed by atoms with Crippen LogP contribution in [0.2, 0.25) is 0 Å². The van der Waals surface area contributed by atoms with Crippen molar-refractivity contribution in [2.24, 2.45) is 0 Å². The minimum absolute atomic E-state index is 0.161. The molecule has 0 aliphatic carbocycles. The van der Waals surface area contributed by atoms with E-state index in [1.807, 2.05) is 24.3 Å². The lowest BCUT2D eigenvalue weighted by Crippen LogP contribution is -2.42. The van der Waals surface area contributed by atoms with Crippen molar-refractivity contribution in [2.45, 2.75) is 25.6 Å². The maximum absolute atomic E-state index is 13.8. The van der Waals surface area contributed by atoms with E-state index in [2.05, 4.69) is 74.6 Å². The number of imidazole rings is 1. The first kappa shape index (κ1) is 34.2. The predicted octanol–water partition coefficient (Wildman–Crippen LogP) is 3.31. The van der Waals surface area contributed by atoms with Crippen molar-refractivity contribution < 1.29 is 13.9 Å². The average molecular weight is 679 g/mol. The average Bonchev–Trinajstić information content (AvgIpc) is 3.53. The van der Waals surface area contributed by atoms with Gasteiger partial charge in [-0.25, -0.2) is 9.37 Å². The zero-order valence-corrected chi connectivity index (χ0v) is 27.7. The number of amides is 1. The molecule has 1 atom stereocenters. The van der Waals surface area contributed by atoms with Gasteiger partial charge in [0.15, 0.2) is 0 Å². The summed E-state index contributed by atoms with van der Waals surface area (Å²) < 4.78 is 18.9. The van der Waals surface area contributed by atoms with Gasteiger partial charge in [0.2, 0.25) is 23.8 Å². The summed E-state index contributed by atoms with van der Waals surface area (Å²) >= 11 is 0. The number of anilines is 4. The van der Waals surface area contributed by atoms with Crippen molar-refractivity contribution in [3.63, 3.8) is 0 Å². The minimum Gasteiger partial charge on any atom is -0.383 e. The molecule has 1 saturated heterocycles. The third-order valence-electron chi connectivity index (χ3n) is 8.09. The summed E-state index contributed by atoms with van der Waals surface area (Å²) in [4.78, 5) is 37.3. The molecule has 1 amide bonds. The van der Waals surface area contributed by atoms with E-state index in [0.717, 1.165) is 49.5 Å². The number of H-pyrrole nitrogens is 1. The summed E-state index contributed by atoms with van der Waals surface area (Å²) in [5.41, 5.74) is 4.53. The molecule has 0 spiro atoms. The molecule has 6 rings (SSSR count). The van der Waals surface area contributed by atoms with Crippen molar-refractivity contribution in [2.75, 3.05) is 62.4 Å². The quantitative estimate of drug-likeness (QED) is 0.0891. The molecule has 258 valence electrons. The van der Waals surface area contributed by atoms with E-state index >= 15 is 0 Å². The maximum atomic E-state index is 13.8. The number of nitrogens with zero attached hydrogens (tertiary/aromatic N) is 6. The molecule has 14 nitrogen and oxygen atoms in total. The van der Waals surface area contributed by atoms with Crippen LogP contribution in [0.5, 0.6) is 0 Å². The molecule has 0 bridgehead atoms. The molecule has 1 fully saturated rings. The maximum Gasteiger partial charge on any atom is 0.243 e. The Balaban J connectivity index is 1.26. The number of rotatable bonds is 15. The van der Waals surface area contributed by atoms with Gasteiger partial charge in [0.05, 0.1) is 35.8 Å². The molecule has 3 aromatic carbocycles. The van der Waals surface area contributed by atoms with Gasteiger partial charge in [-0.05, 0) is 47.5 Å². The number of halogens is 1. The van der Waals surface area contributed by atoms with Gasteiger partial charge >= 0.3 is 0 Å². The zero-order valence-electron chi connectivity index (χ0n) is 27.7. The zero-order chi connectivity index (χ0) is 34.7. The SMILES string of the molecule is COCCNC(=O)[C@H](Cc1ccc(C#N)cc1)Nc1nc(NCc2nc3cc(F)ccc3[nH]2)nc(Nc2cccc(CN3CCNCC3)c2)n1. The van der Waals surface area contributed by atoms with Crippen LogP contribution >= 0.6 is 0 Å². The largest absolute Gasteiger partial charge is 0.383 e. The summed E-state index contributed by atoms with van der Waals surface area (Å²) in [6.07, 6.45) is 0.297. The highest BCUT2D eigenvalue weighted by atomic mass is 19.1. The number of aromatic nitrogens is 5. The molecular weight excluding hydrogens is 639 g/mol. The van der Waals surface area contributed by atoms with Crippen molar-refractivity contribution in [3.8, 4) is 6.07 Å². The molecule has 15 heteroatoms. The van der Waals surface area contributed by atoms with Crippen LogP contribution in [0.15, 0.2) is 66.7 Å². The first-order valence-corrected chi connectivity index (χ1v) is 16.4. The first-order valence-electron chi connectivity index (χ1n) is 16.4. The number of ether oxygens (including phenoxy) is 1. The highest BCUT2D eigenvalue weighted by molar-refractivity contribution is 5.84. The number of piperazine rings is 1. The van der Waals surface area contributed by atoms with Gasteiger partial charge in [-0.15, -0.1) is 0 Å². The van der Waals surface area contributed by atoms with Crippen molar-refractivity contribution in [1.29, 1.82) is 5.26 Å². The standard InChI is InChI=1S/C35H39FN12O2/c1-50-16-13-39-32(49)30(18-23-5-7-24(20-37)8-6-23)44-35-46-33(40-21-31-42-28-10-9-26(36)19-29(28)43-31)45-34(47-35)41-27-4-2-3-25(17-27)22-48-14-11-38-12-15-48/h2-10,17,19,30,38H,11-16,18,21-22H2,1H3,(H,39,49)(H,42,43)(H3,40,41,44,45,46,47)/t30-/m0/s1. The van der Waals surface area contributed by atoms with Gasteiger partial charge in [-0.2, -0.15) is 20.2 Å². The van der Waals surface area contributed by atoms with Crippen molar-refractivity contribution in [1.82, 2.24) is 40.5 Å². The number of nitrogens with one attached hydrogen (secondary N) is 6. The Kier molecular flexibility index (Phi) is 11.4. The molecule has 5 aromatic rings. The van der Waals surface area contributed by atoms with Crippen LogP contribution in [0, 0.1) is 17.1 Å². The van der Waals surface area contributed by atoms with Crippen LogP contribution in [-0.4, -0.2) is 88.2 Å². The summed E-state index contributed by atoms with van der Waals surface area (Å²) in [5.74, 6) is 0.566. The molecule has 0 unspecified atom stereocenters. The first-order chi connectivity index (χ1) is 24.4. The molecule has 2 aromatic heterocycles. The van der Waals surface area contributed by atoms with Gasteiger partial charge in [0.1, 0.15) is 17.7 Å². The normalized spacial score (nSPS) is 13.8. The molecule has 3 heterocycles. The van der Waals surface area contributed by atoms with Gasteiger partial charge in [-0.3, -0.25) is 9.69 Å². The summed E-state index contributed by atoms with van der Waals surface area (Å²) in [6, 6.07) is 20.9. The number of aromatic amines is 1. The van der Waals surface area contributed by atoms with E-state index in [0.29, 0.717) is 42.0 Å². The second kappa shape index (κ2) is 16.6. The summed E-state index contributed by atoms with van der Waals surface area (Å²) in [5, 5.41) is 25.2. The second-order valence-corrected chi connectivity index (χ2v) is 11.8. The second-order valence-electron chi connectivity index (χ2n) is 11.8. The van der Waals surface area contributed by atoms with E-state index in [1.54, 1.807) is 25.3 Å². The third kappa shape index (κ3) is 9.47. The Morgan fingerprint density at radius 2 is 1.80 bits per heavy atom. The van der Waals surface area contributed by atoms with Crippen molar-refractivity contribution in [3.05, 3.63) is 95.1 Å². The highest BCUT2D eigenvalue weighted by Crippen LogP contribution is 2.20. The van der Waals surface area contributed by atoms with E-state index in [4.69, 9.17) is 4.74 Å². The highest BCUT2D eigenvalue weighted by Gasteiger charge is 2.21. The van der Waals surface area contributed by atoms with Crippen LogP contribution in [0.25, 0.3) is 11.0 Å². The number of nitriles is 1. The van der Waals surface area contributed by atoms with Crippen molar-refractivity contribution >= 4 is 40.5 Å². The monoisotopic (exact) mass is 678 g/mol. The van der Waals surface area contributed by atoms with Crippen LogP contribution < -0.4 is 26.6 Å². The van der Waals surface area contributed by atoms with E-state index < -0.39 is 6.04 Å². The molecule has 0 radical (unpaired) electrons. The summed E-state index contributed by atoms with van der Waals surface area (Å²) in [6.45, 7) is 5.62. The van der Waals surface area contributed by atoms with Crippen LogP contribution in [0.3, 0.4) is 0 Å². The lowest BCUT2D eigenvalue weighted by atomic mass is 10.0. The minimum atomic E-state index is -0.768. The number of hydrogen-bond donors (Lipinski definition) is 6. The van der Waals surface area contributed by atoms with E-state index in [-0.39, 0.29) is 36.1 Å². The lowest BCUT2D eigenvalue weighted by molar-refractivity contribution is -0.122. The Labute approximate surface area is 288 Å². The fourth-order valence-corrected chi connectivity index (χ4v) is 5.57. The van der Waals surface area contributed by atoms with E-state index in [9.17, 15) is 14.4 Å². The smallest absolute Gasteiger partial charge is 0.243 e. The Morgan fingerprint density at radius 1 is 1.00 bits per heavy atom. The van der Waals surface area contributed by atoms with Crippen LogP contribution in [-0.2, 0) is 29.0 Å². The number of carbonyl (C=O) groups excluding carboxylic acids is 1. The molecule has 1 aliphatic rings. The third-order valence-corrected chi connectivity index (χ3v) is 8.09. The number of carbonyl (C=O) groups is 1. The fraction of sp³-hybridized carbons (Fsp3) is 0.314.